The maximum atomic E-state index is 9.98. The monoisotopic (exact) mass is 182 g/mol. The third-order valence-corrected chi connectivity index (χ3v) is 1.55. The van der Waals surface area contributed by atoms with Crippen LogP contribution in [0.2, 0.25) is 0 Å². The van der Waals surface area contributed by atoms with Gasteiger partial charge in [-0.05, 0) is 17.7 Å². The van der Waals surface area contributed by atoms with Gasteiger partial charge in [0.15, 0.2) is 0 Å². The lowest BCUT2D eigenvalue weighted by Crippen LogP contribution is -2.03. The van der Waals surface area contributed by atoms with Gasteiger partial charge >= 0.3 is 6.16 Å². The van der Waals surface area contributed by atoms with Gasteiger partial charge in [0.25, 0.3) is 0 Å². The Morgan fingerprint density at radius 2 is 1.92 bits per heavy atom. The minimum Gasteiger partial charge on any atom is -0.508 e. The van der Waals surface area contributed by atoms with Crippen molar-refractivity contribution in [2.75, 3.05) is 6.61 Å². The van der Waals surface area contributed by atoms with E-state index < -0.39 is 6.16 Å². The number of carbonyl (C=O) groups is 1. The van der Waals surface area contributed by atoms with Gasteiger partial charge in [0, 0.05) is 6.42 Å². The summed E-state index contributed by atoms with van der Waals surface area (Å²) in [6, 6.07) is 6.55. The second-order valence-corrected chi connectivity index (χ2v) is 2.53. The molecule has 4 nitrogen and oxygen atoms in total. The lowest BCUT2D eigenvalue weighted by molar-refractivity contribution is 0.0927. The molecule has 70 valence electrons. The molecular weight excluding hydrogens is 172 g/mol. The Bertz CT molecular complexity index is 278. The van der Waals surface area contributed by atoms with Gasteiger partial charge in [-0.15, -0.1) is 0 Å². The van der Waals surface area contributed by atoms with Crippen molar-refractivity contribution >= 4 is 6.16 Å². The molecule has 0 atom stereocenters. The largest absolute Gasteiger partial charge is 0.508 e. The van der Waals surface area contributed by atoms with Crippen LogP contribution in [0, 0.1) is 0 Å². The fourth-order valence-electron chi connectivity index (χ4n) is 0.919. The van der Waals surface area contributed by atoms with Crippen molar-refractivity contribution in [3.63, 3.8) is 0 Å². The highest BCUT2D eigenvalue weighted by molar-refractivity contribution is 5.56. The van der Waals surface area contributed by atoms with E-state index in [1.54, 1.807) is 24.3 Å². The Morgan fingerprint density at radius 3 is 2.46 bits per heavy atom. The molecule has 0 saturated heterocycles. The van der Waals surface area contributed by atoms with Crippen LogP contribution in [0.4, 0.5) is 4.79 Å². The summed E-state index contributed by atoms with van der Waals surface area (Å²) in [5.41, 5.74) is 0.930. The van der Waals surface area contributed by atoms with Crippen LogP contribution in [0.1, 0.15) is 5.56 Å². The van der Waals surface area contributed by atoms with Crippen LogP contribution < -0.4 is 0 Å². The minimum atomic E-state index is -1.27. The normalized spacial score (nSPS) is 9.54. The number of carboxylic acid groups (broad SMARTS) is 1. The number of rotatable bonds is 3. The van der Waals surface area contributed by atoms with Crippen molar-refractivity contribution < 1.29 is 19.7 Å². The predicted molar refractivity (Wildman–Crippen MR) is 45.8 cm³/mol. The highest BCUT2D eigenvalue weighted by atomic mass is 16.7. The smallest absolute Gasteiger partial charge is 0.505 e. The Kier molecular flexibility index (Phi) is 3.14. The molecule has 0 heterocycles. The zero-order valence-corrected chi connectivity index (χ0v) is 6.93. The first-order valence-corrected chi connectivity index (χ1v) is 3.82. The van der Waals surface area contributed by atoms with Gasteiger partial charge in [0.05, 0.1) is 6.61 Å². The molecule has 0 aliphatic rings. The van der Waals surface area contributed by atoms with Crippen molar-refractivity contribution in [1.29, 1.82) is 0 Å². The van der Waals surface area contributed by atoms with Crippen molar-refractivity contribution in [3.05, 3.63) is 29.8 Å². The van der Waals surface area contributed by atoms with Crippen molar-refractivity contribution in [1.82, 2.24) is 0 Å². The first kappa shape index (κ1) is 9.38. The average Bonchev–Trinajstić information content (AvgIpc) is 2.08. The summed E-state index contributed by atoms with van der Waals surface area (Å²) >= 11 is 0. The summed E-state index contributed by atoms with van der Waals surface area (Å²) in [6.07, 6.45) is -0.745. The van der Waals surface area contributed by atoms with Crippen LogP contribution >= 0.6 is 0 Å². The highest BCUT2D eigenvalue weighted by Crippen LogP contribution is 2.09. The number of hydrogen-bond donors (Lipinski definition) is 2. The lowest BCUT2D eigenvalue weighted by Gasteiger charge is -2.00. The maximum Gasteiger partial charge on any atom is 0.505 e. The zero-order chi connectivity index (χ0) is 9.68. The van der Waals surface area contributed by atoms with E-state index in [1.807, 2.05) is 0 Å². The Hall–Kier alpha value is -1.71. The molecule has 13 heavy (non-hydrogen) atoms. The highest BCUT2D eigenvalue weighted by Gasteiger charge is 1.97. The lowest BCUT2D eigenvalue weighted by atomic mass is 10.1. The van der Waals surface area contributed by atoms with Crippen LogP contribution in [-0.2, 0) is 11.2 Å². The molecule has 0 aliphatic carbocycles. The molecule has 1 rings (SSSR count). The molecule has 0 spiro atoms. The topological polar surface area (TPSA) is 66.8 Å². The Morgan fingerprint density at radius 1 is 1.31 bits per heavy atom. The molecule has 0 aromatic heterocycles. The standard InChI is InChI=1S/C9H10O4/c10-8-3-1-7(2-4-8)5-6-13-9(11)12/h1-4,10H,5-6H2,(H,11,12). The summed E-state index contributed by atoms with van der Waals surface area (Å²) in [4.78, 5) is 9.98. The van der Waals surface area contributed by atoms with E-state index in [0.717, 1.165) is 5.56 Å². The first-order valence-electron chi connectivity index (χ1n) is 3.82. The van der Waals surface area contributed by atoms with Crippen molar-refractivity contribution in [3.8, 4) is 5.75 Å². The fourth-order valence-corrected chi connectivity index (χ4v) is 0.919. The van der Waals surface area contributed by atoms with Gasteiger partial charge in [0.1, 0.15) is 5.75 Å². The summed E-state index contributed by atoms with van der Waals surface area (Å²) in [5.74, 6) is 0.197. The number of aromatic hydroxyl groups is 1. The number of phenolic OH excluding ortho intramolecular Hbond substituents is 1. The number of hydrogen-bond acceptors (Lipinski definition) is 3. The number of benzene rings is 1. The van der Waals surface area contributed by atoms with Crippen LogP contribution in [0.25, 0.3) is 0 Å². The van der Waals surface area contributed by atoms with E-state index in [1.165, 1.54) is 0 Å². The maximum absolute atomic E-state index is 9.98. The molecule has 0 radical (unpaired) electrons. The van der Waals surface area contributed by atoms with Crippen LogP contribution in [0.5, 0.6) is 5.75 Å². The fraction of sp³-hybridized carbons (Fsp3) is 0.222. The number of ether oxygens (including phenoxy) is 1. The van der Waals surface area contributed by atoms with Crippen LogP contribution in [0.3, 0.4) is 0 Å². The average molecular weight is 182 g/mol. The Labute approximate surface area is 75.4 Å². The van der Waals surface area contributed by atoms with Gasteiger partial charge in [-0.1, -0.05) is 12.1 Å². The number of phenols is 1. The molecule has 0 amide bonds. The molecule has 4 heteroatoms. The predicted octanol–water partition coefficient (Wildman–Crippen LogP) is 1.63. The zero-order valence-electron chi connectivity index (χ0n) is 6.93. The van der Waals surface area contributed by atoms with Gasteiger partial charge in [-0.3, -0.25) is 0 Å². The van der Waals surface area contributed by atoms with Gasteiger partial charge in [-0.25, -0.2) is 4.79 Å². The molecule has 0 aliphatic heterocycles. The summed E-state index contributed by atoms with van der Waals surface area (Å²) < 4.78 is 4.33. The van der Waals surface area contributed by atoms with Gasteiger partial charge in [-0.2, -0.15) is 0 Å². The van der Waals surface area contributed by atoms with E-state index in [0.29, 0.717) is 6.42 Å². The van der Waals surface area contributed by atoms with Gasteiger partial charge in [0.2, 0.25) is 0 Å². The second kappa shape index (κ2) is 4.35. The minimum absolute atomic E-state index is 0.139. The van der Waals surface area contributed by atoms with E-state index in [-0.39, 0.29) is 12.4 Å². The summed E-state index contributed by atoms with van der Waals surface area (Å²) in [5, 5.41) is 17.1. The molecule has 0 fully saturated rings. The molecule has 0 bridgehead atoms. The third-order valence-electron chi connectivity index (χ3n) is 1.55. The molecular formula is C9H10O4. The quantitative estimate of drug-likeness (QED) is 0.697. The van der Waals surface area contributed by atoms with E-state index in [4.69, 9.17) is 10.2 Å². The van der Waals surface area contributed by atoms with Gasteiger partial charge < -0.3 is 14.9 Å². The van der Waals surface area contributed by atoms with Crippen LogP contribution in [-0.4, -0.2) is 23.0 Å². The summed E-state index contributed by atoms with van der Waals surface area (Å²) in [7, 11) is 0. The van der Waals surface area contributed by atoms with Crippen molar-refractivity contribution in [2.45, 2.75) is 6.42 Å². The van der Waals surface area contributed by atoms with Crippen LogP contribution in [0.15, 0.2) is 24.3 Å². The molecule has 0 saturated carbocycles. The van der Waals surface area contributed by atoms with Crippen molar-refractivity contribution in [2.24, 2.45) is 0 Å². The third kappa shape index (κ3) is 3.46. The summed E-state index contributed by atoms with van der Waals surface area (Å²) in [6.45, 7) is 0.139. The first-order chi connectivity index (χ1) is 6.18. The molecule has 1 aromatic rings. The molecule has 2 N–H and O–H groups in total. The van der Waals surface area contributed by atoms with E-state index >= 15 is 0 Å². The SMILES string of the molecule is O=C(O)OCCc1ccc(O)cc1. The molecule has 1 aromatic carbocycles. The molecule has 0 unspecified atom stereocenters. The van der Waals surface area contributed by atoms with E-state index in [2.05, 4.69) is 4.74 Å². The van der Waals surface area contributed by atoms with E-state index in [9.17, 15) is 4.79 Å². The second-order valence-electron chi connectivity index (χ2n) is 2.53. The Balaban J connectivity index is 2.37.